The Morgan fingerprint density at radius 2 is 2.09 bits per heavy atom. The number of halogens is 1. The molecule has 0 amide bonds. The first kappa shape index (κ1) is 12.8. The highest BCUT2D eigenvalue weighted by molar-refractivity contribution is 5.85. The van der Waals surface area contributed by atoms with Crippen molar-refractivity contribution < 1.29 is 19.4 Å². The summed E-state index contributed by atoms with van der Waals surface area (Å²) >= 11 is 0. The van der Waals surface area contributed by atoms with Gasteiger partial charge < -0.3 is 15.6 Å². The number of carboxylic acid groups (broad SMARTS) is 1. The van der Waals surface area contributed by atoms with Crippen LogP contribution in [0.25, 0.3) is 0 Å². The fraction of sp³-hybridized carbons (Fsp3) is 0.600. The lowest BCUT2D eigenvalue weighted by Crippen LogP contribution is -2.33. The number of nitrogens with two attached hydrogens (primary N) is 1. The highest BCUT2D eigenvalue weighted by Crippen LogP contribution is 1.89. The third-order valence-electron chi connectivity index (χ3n) is 0.898. The Hall–Kier alpha value is -0.810. The fourth-order valence-electron chi connectivity index (χ4n) is 0.423. The molecule has 11 heavy (non-hydrogen) atoms. The summed E-state index contributed by atoms with van der Waals surface area (Å²) in [6.45, 7) is 0. The van der Waals surface area contributed by atoms with E-state index in [1.165, 1.54) is 0 Å². The average Bonchev–Trinajstić information content (AvgIpc) is 1.85. The summed E-state index contributed by atoms with van der Waals surface area (Å²) in [4.78, 5) is 20.4. The zero-order chi connectivity index (χ0) is 8.15. The number of methoxy groups -OCH3 is 1. The second kappa shape index (κ2) is 5.94. The number of hydrogen-bond acceptors (Lipinski definition) is 4. The van der Waals surface area contributed by atoms with Crippen LogP contribution in [-0.4, -0.2) is 30.2 Å². The van der Waals surface area contributed by atoms with E-state index < -0.39 is 24.4 Å². The minimum atomic E-state index is -1.11. The Morgan fingerprint density at radius 1 is 1.64 bits per heavy atom. The molecule has 6 heteroatoms. The molecule has 0 aliphatic carbocycles. The maximum Gasteiger partial charge on any atom is 0.323 e. The van der Waals surface area contributed by atoms with Crippen molar-refractivity contribution >= 4 is 24.3 Å². The van der Waals surface area contributed by atoms with Gasteiger partial charge in [0.25, 0.3) is 0 Å². The predicted molar refractivity (Wildman–Crippen MR) is 39.5 cm³/mol. The number of carbonyl (C=O) groups is 2. The van der Waals surface area contributed by atoms with E-state index >= 15 is 0 Å². The topological polar surface area (TPSA) is 89.6 Å². The van der Waals surface area contributed by atoms with Gasteiger partial charge in [0.05, 0.1) is 13.5 Å². The van der Waals surface area contributed by atoms with Gasteiger partial charge in [0.15, 0.2) is 0 Å². The SMILES string of the molecule is COC(=O)C(N)CC(=O)O.Cl. The highest BCUT2D eigenvalue weighted by Gasteiger charge is 2.16. The molecular formula is C5H10ClNO4. The molecule has 0 radical (unpaired) electrons. The Morgan fingerprint density at radius 3 is 2.36 bits per heavy atom. The standard InChI is InChI=1S/C5H9NO4.ClH/c1-10-5(9)3(6)2-4(7)8;/h3H,2,6H2,1H3,(H,7,8);1H. The van der Waals surface area contributed by atoms with Gasteiger partial charge in [-0.2, -0.15) is 0 Å². The van der Waals surface area contributed by atoms with Crippen LogP contribution in [0.5, 0.6) is 0 Å². The van der Waals surface area contributed by atoms with Gasteiger partial charge in [-0.1, -0.05) is 0 Å². The first-order valence-corrected chi connectivity index (χ1v) is 2.63. The van der Waals surface area contributed by atoms with Crippen molar-refractivity contribution in [3.8, 4) is 0 Å². The molecule has 0 aromatic rings. The molecule has 0 saturated heterocycles. The maximum atomic E-state index is 10.4. The fourth-order valence-corrected chi connectivity index (χ4v) is 0.423. The summed E-state index contributed by atoms with van der Waals surface area (Å²) in [6.07, 6.45) is -0.396. The molecule has 0 spiro atoms. The van der Waals surface area contributed by atoms with Crippen LogP contribution < -0.4 is 5.73 Å². The van der Waals surface area contributed by atoms with E-state index in [4.69, 9.17) is 10.8 Å². The smallest absolute Gasteiger partial charge is 0.323 e. The Labute approximate surface area is 69.9 Å². The van der Waals surface area contributed by atoms with E-state index in [2.05, 4.69) is 4.74 Å². The third-order valence-corrected chi connectivity index (χ3v) is 0.898. The van der Waals surface area contributed by atoms with Crippen LogP contribution in [0.3, 0.4) is 0 Å². The van der Waals surface area contributed by atoms with Crippen molar-refractivity contribution in [1.82, 2.24) is 0 Å². The van der Waals surface area contributed by atoms with Crippen LogP contribution in [0, 0.1) is 0 Å². The monoisotopic (exact) mass is 183 g/mol. The zero-order valence-corrected chi connectivity index (χ0v) is 6.76. The zero-order valence-electron chi connectivity index (χ0n) is 5.94. The van der Waals surface area contributed by atoms with E-state index in [9.17, 15) is 9.59 Å². The molecular weight excluding hydrogens is 174 g/mol. The first-order chi connectivity index (χ1) is 4.57. The maximum absolute atomic E-state index is 10.4. The summed E-state index contributed by atoms with van der Waals surface area (Å²) in [7, 11) is 1.16. The Kier molecular flexibility index (Phi) is 6.92. The van der Waals surface area contributed by atoms with E-state index in [0.29, 0.717) is 0 Å². The third kappa shape index (κ3) is 5.63. The van der Waals surface area contributed by atoms with Crippen LogP contribution in [0.2, 0.25) is 0 Å². The molecule has 1 unspecified atom stereocenters. The van der Waals surface area contributed by atoms with Crippen molar-refractivity contribution in [1.29, 1.82) is 0 Å². The number of aliphatic carboxylic acids is 1. The van der Waals surface area contributed by atoms with Crippen LogP contribution in [0.4, 0.5) is 0 Å². The predicted octanol–water partition coefficient (Wildman–Crippen LogP) is -0.617. The number of hydrogen-bond donors (Lipinski definition) is 2. The quantitative estimate of drug-likeness (QED) is 0.570. The van der Waals surface area contributed by atoms with Crippen LogP contribution in [0.15, 0.2) is 0 Å². The van der Waals surface area contributed by atoms with Crippen LogP contribution >= 0.6 is 12.4 Å². The summed E-state index contributed by atoms with van der Waals surface area (Å²) < 4.78 is 4.19. The van der Waals surface area contributed by atoms with Gasteiger partial charge in [-0.05, 0) is 0 Å². The summed E-state index contributed by atoms with van der Waals surface area (Å²) in [5, 5.41) is 8.14. The molecule has 3 N–H and O–H groups in total. The minimum Gasteiger partial charge on any atom is -0.481 e. The lowest BCUT2D eigenvalue weighted by atomic mass is 10.2. The van der Waals surface area contributed by atoms with Gasteiger partial charge in [-0.25, -0.2) is 0 Å². The number of ether oxygens (including phenoxy) is 1. The first-order valence-electron chi connectivity index (χ1n) is 2.63. The Balaban J connectivity index is 0. The number of carbonyl (C=O) groups excluding carboxylic acids is 1. The van der Waals surface area contributed by atoms with E-state index in [1.54, 1.807) is 0 Å². The van der Waals surface area contributed by atoms with Crippen molar-refractivity contribution in [3.05, 3.63) is 0 Å². The molecule has 0 aromatic carbocycles. The molecule has 0 saturated carbocycles. The molecule has 0 rings (SSSR count). The number of rotatable bonds is 3. The number of carboxylic acids is 1. The molecule has 0 heterocycles. The van der Waals surface area contributed by atoms with Crippen LogP contribution in [-0.2, 0) is 14.3 Å². The summed E-state index contributed by atoms with van der Waals surface area (Å²) in [5.74, 6) is -1.82. The highest BCUT2D eigenvalue weighted by atomic mass is 35.5. The second-order valence-corrected chi connectivity index (χ2v) is 1.73. The van der Waals surface area contributed by atoms with E-state index in [0.717, 1.165) is 7.11 Å². The minimum absolute atomic E-state index is 0. The molecule has 5 nitrogen and oxygen atoms in total. The molecule has 0 bridgehead atoms. The largest absolute Gasteiger partial charge is 0.481 e. The normalized spacial score (nSPS) is 11.1. The van der Waals surface area contributed by atoms with E-state index in [1.807, 2.05) is 0 Å². The molecule has 0 fully saturated rings. The lowest BCUT2D eigenvalue weighted by Gasteiger charge is -2.04. The van der Waals surface area contributed by atoms with Gasteiger partial charge in [0.2, 0.25) is 0 Å². The lowest BCUT2D eigenvalue weighted by molar-refractivity contribution is -0.147. The van der Waals surface area contributed by atoms with Crippen molar-refractivity contribution in [3.63, 3.8) is 0 Å². The van der Waals surface area contributed by atoms with Crippen molar-refractivity contribution in [2.24, 2.45) is 5.73 Å². The van der Waals surface area contributed by atoms with Crippen molar-refractivity contribution in [2.45, 2.75) is 12.5 Å². The molecule has 0 aliphatic heterocycles. The summed E-state index contributed by atoms with van der Waals surface area (Å²) in [6, 6.07) is -1.05. The van der Waals surface area contributed by atoms with Crippen molar-refractivity contribution in [2.75, 3.05) is 7.11 Å². The Bertz CT molecular complexity index is 149. The van der Waals surface area contributed by atoms with Gasteiger partial charge >= 0.3 is 11.9 Å². The molecule has 1 atom stereocenters. The van der Waals surface area contributed by atoms with Crippen LogP contribution in [0.1, 0.15) is 6.42 Å². The number of esters is 1. The van der Waals surface area contributed by atoms with E-state index in [-0.39, 0.29) is 12.4 Å². The second-order valence-electron chi connectivity index (χ2n) is 1.73. The van der Waals surface area contributed by atoms with Gasteiger partial charge in [-0.3, -0.25) is 9.59 Å². The summed E-state index contributed by atoms with van der Waals surface area (Å²) in [5.41, 5.74) is 5.07. The van der Waals surface area contributed by atoms with Gasteiger partial charge in [0, 0.05) is 0 Å². The molecule has 0 aliphatic rings. The molecule has 66 valence electrons. The van der Waals surface area contributed by atoms with Gasteiger partial charge in [0.1, 0.15) is 6.04 Å². The molecule has 0 aromatic heterocycles. The van der Waals surface area contributed by atoms with Gasteiger partial charge in [-0.15, -0.1) is 12.4 Å². The average molecular weight is 184 g/mol.